The standard InChI is InChI=1S/C16H19N3O2S/c1-22-13-9-7-12(8-10-13)15-18-19-16(21-15)17-14(20)11-5-3-2-4-6-11/h7-11H,2-6H2,1H3,(H,17,19,20). The molecule has 1 saturated carbocycles. The minimum Gasteiger partial charge on any atom is -0.403 e. The van der Waals surface area contributed by atoms with Gasteiger partial charge in [0.05, 0.1) is 0 Å². The van der Waals surface area contributed by atoms with Crippen LogP contribution < -0.4 is 5.32 Å². The number of carbonyl (C=O) groups is 1. The highest BCUT2D eigenvalue weighted by Gasteiger charge is 2.22. The molecule has 0 spiro atoms. The molecule has 22 heavy (non-hydrogen) atoms. The maximum Gasteiger partial charge on any atom is 0.322 e. The first-order valence-corrected chi connectivity index (χ1v) is 8.77. The summed E-state index contributed by atoms with van der Waals surface area (Å²) >= 11 is 1.68. The number of thioether (sulfide) groups is 1. The molecule has 1 amide bonds. The third-order valence-electron chi connectivity index (χ3n) is 3.97. The lowest BCUT2D eigenvalue weighted by atomic mass is 9.89. The summed E-state index contributed by atoms with van der Waals surface area (Å²) in [6.45, 7) is 0. The molecule has 1 aliphatic rings. The van der Waals surface area contributed by atoms with Gasteiger partial charge < -0.3 is 4.42 Å². The fraction of sp³-hybridized carbons (Fsp3) is 0.438. The zero-order valence-corrected chi connectivity index (χ0v) is 13.4. The second-order valence-electron chi connectivity index (χ2n) is 5.47. The first-order chi connectivity index (χ1) is 10.8. The number of anilines is 1. The molecule has 0 radical (unpaired) electrons. The van der Waals surface area contributed by atoms with Crippen LogP contribution in [-0.2, 0) is 4.79 Å². The van der Waals surface area contributed by atoms with Crippen LogP contribution in [0.2, 0.25) is 0 Å². The average molecular weight is 317 g/mol. The largest absolute Gasteiger partial charge is 0.403 e. The lowest BCUT2D eigenvalue weighted by Crippen LogP contribution is -2.24. The van der Waals surface area contributed by atoms with E-state index in [0.717, 1.165) is 31.2 Å². The highest BCUT2D eigenvalue weighted by molar-refractivity contribution is 7.98. The van der Waals surface area contributed by atoms with Crippen molar-refractivity contribution in [3.8, 4) is 11.5 Å². The van der Waals surface area contributed by atoms with Crippen molar-refractivity contribution in [3.05, 3.63) is 24.3 Å². The minimum atomic E-state index is -0.00682. The highest BCUT2D eigenvalue weighted by atomic mass is 32.2. The summed E-state index contributed by atoms with van der Waals surface area (Å²) in [4.78, 5) is 13.3. The number of nitrogens with zero attached hydrogens (tertiary/aromatic N) is 2. The Hall–Kier alpha value is -1.82. The maximum atomic E-state index is 12.2. The molecular weight excluding hydrogens is 298 g/mol. The number of aromatic nitrogens is 2. The number of nitrogens with one attached hydrogen (secondary N) is 1. The molecule has 0 bridgehead atoms. The van der Waals surface area contributed by atoms with Crippen LogP contribution >= 0.6 is 11.8 Å². The zero-order chi connectivity index (χ0) is 15.4. The van der Waals surface area contributed by atoms with E-state index in [4.69, 9.17) is 4.42 Å². The summed E-state index contributed by atoms with van der Waals surface area (Å²) in [6, 6.07) is 8.06. The van der Waals surface area contributed by atoms with Gasteiger partial charge in [-0.25, -0.2) is 0 Å². The lowest BCUT2D eigenvalue weighted by Gasteiger charge is -2.19. The van der Waals surface area contributed by atoms with E-state index in [0.29, 0.717) is 5.89 Å². The Morgan fingerprint density at radius 1 is 1.18 bits per heavy atom. The Morgan fingerprint density at radius 3 is 2.59 bits per heavy atom. The maximum absolute atomic E-state index is 12.2. The van der Waals surface area contributed by atoms with Crippen molar-refractivity contribution in [2.75, 3.05) is 11.6 Å². The van der Waals surface area contributed by atoms with E-state index >= 15 is 0 Å². The Labute approximate surface area is 133 Å². The van der Waals surface area contributed by atoms with Crippen LogP contribution in [0.15, 0.2) is 33.6 Å². The Morgan fingerprint density at radius 2 is 1.91 bits per heavy atom. The molecule has 1 N–H and O–H groups in total. The van der Waals surface area contributed by atoms with Crippen molar-refractivity contribution in [1.82, 2.24) is 10.2 Å². The summed E-state index contributed by atoms with van der Waals surface area (Å²) in [5.74, 6) is 0.490. The molecule has 0 aliphatic heterocycles. The van der Waals surface area contributed by atoms with Gasteiger partial charge in [0.2, 0.25) is 11.8 Å². The van der Waals surface area contributed by atoms with Gasteiger partial charge in [0.25, 0.3) is 0 Å². The van der Waals surface area contributed by atoms with E-state index in [1.54, 1.807) is 11.8 Å². The predicted molar refractivity (Wildman–Crippen MR) is 86.7 cm³/mol. The fourth-order valence-corrected chi connectivity index (χ4v) is 3.10. The van der Waals surface area contributed by atoms with E-state index in [9.17, 15) is 4.79 Å². The SMILES string of the molecule is CSc1ccc(-c2nnc(NC(=O)C3CCCCC3)o2)cc1. The summed E-state index contributed by atoms with van der Waals surface area (Å²) in [6.07, 6.45) is 7.39. The predicted octanol–water partition coefficient (Wildman–Crippen LogP) is 3.98. The first kappa shape index (κ1) is 15.1. The van der Waals surface area contributed by atoms with Gasteiger partial charge in [-0.15, -0.1) is 16.9 Å². The van der Waals surface area contributed by atoms with Crippen LogP contribution in [0.4, 0.5) is 6.01 Å². The van der Waals surface area contributed by atoms with Crippen molar-refractivity contribution in [1.29, 1.82) is 0 Å². The number of carbonyl (C=O) groups excluding carboxylic acids is 1. The fourth-order valence-electron chi connectivity index (χ4n) is 2.70. The molecule has 5 nitrogen and oxygen atoms in total. The average Bonchev–Trinajstić information content (AvgIpc) is 3.04. The molecule has 1 fully saturated rings. The second kappa shape index (κ2) is 6.96. The molecule has 116 valence electrons. The number of hydrogen-bond acceptors (Lipinski definition) is 5. The molecule has 1 aliphatic carbocycles. The van der Waals surface area contributed by atoms with Gasteiger partial charge >= 0.3 is 6.01 Å². The second-order valence-corrected chi connectivity index (χ2v) is 6.34. The van der Waals surface area contributed by atoms with Gasteiger partial charge in [-0.1, -0.05) is 24.4 Å². The van der Waals surface area contributed by atoms with Crippen LogP contribution in [0.25, 0.3) is 11.5 Å². The first-order valence-electron chi connectivity index (χ1n) is 7.55. The molecule has 6 heteroatoms. The molecular formula is C16H19N3O2S. The molecule has 0 unspecified atom stereocenters. The van der Waals surface area contributed by atoms with Gasteiger partial charge in [-0.2, -0.15) is 0 Å². The number of hydrogen-bond donors (Lipinski definition) is 1. The van der Waals surface area contributed by atoms with Gasteiger partial charge in [0, 0.05) is 16.4 Å². The van der Waals surface area contributed by atoms with Crippen LogP contribution in [0.1, 0.15) is 32.1 Å². The van der Waals surface area contributed by atoms with Crippen molar-refractivity contribution in [3.63, 3.8) is 0 Å². The van der Waals surface area contributed by atoms with E-state index in [-0.39, 0.29) is 17.8 Å². The number of rotatable bonds is 4. The third-order valence-corrected chi connectivity index (χ3v) is 4.71. The van der Waals surface area contributed by atoms with E-state index in [1.807, 2.05) is 30.5 Å². The van der Waals surface area contributed by atoms with Gasteiger partial charge in [-0.3, -0.25) is 10.1 Å². The van der Waals surface area contributed by atoms with Crippen LogP contribution in [0.3, 0.4) is 0 Å². The number of amides is 1. The van der Waals surface area contributed by atoms with Crippen LogP contribution in [0, 0.1) is 5.92 Å². The van der Waals surface area contributed by atoms with Gasteiger partial charge in [-0.05, 0) is 43.4 Å². The highest BCUT2D eigenvalue weighted by Crippen LogP contribution is 2.26. The summed E-state index contributed by atoms with van der Waals surface area (Å²) in [5.41, 5.74) is 0.850. The Kier molecular flexibility index (Phi) is 4.77. The van der Waals surface area contributed by atoms with Crippen LogP contribution in [0.5, 0.6) is 0 Å². The summed E-state index contributed by atoms with van der Waals surface area (Å²) < 4.78 is 5.54. The molecule has 3 rings (SSSR count). The summed E-state index contributed by atoms with van der Waals surface area (Å²) in [5, 5.41) is 10.7. The third kappa shape index (κ3) is 3.50. The molecule has 0 atom stereocenters. The van der Waals surface area contributed by atoms with E-state index in [1.165, 1.54) is 11.3 Å². The summed E-state index contributed by atoms with van der Waals surface area (Å²) in [7, 11) is 0. The van der Waals surface area contributed by atoms with E-state index in [2.05, 4.69) is 15.5 Å². The molecule has 2 aromatic rings. The Bertz CT molecular complexity index is 633. The smallest absolute Gasteiger partial charge is 0.322 e. The minimum absolute atomic E-state index is 0.00682. The van der Waals surface area contributed by atoms with Crippen molar-refractivity contribution < 1.29 is 9.21 Å². The van der Waals surface area contributed by atoms with Crippen molar-refractivity contribution >= 4 is 23.7 Å². The van der Waals surface area contributed by atoms with Gasteiger partial charge in [0.1, 0.15) is 0 Å². The van der Waals surface area contributed by atoms with E-state index < -0.39 is 0 Å². The molecule has 1 aromatic carbocycles. The molecule has 1 heterocycles. The molecule has 1 aromatic heterocycles. The van der Waals surface area contributed by atoms with Crippen molar-refractivity contribution in [2.45, 2.75) is 37.0 Å². The van der Waals surface area contributed by atoms with Crippen molar-refractivity contribution in [2.24, 2.45) is 5.92 Å². The lowest BCUT2D eigenvalue weighted by molar-refractivity contribution is -0.120. The topological polar surface area (TPSA) is 68.0 Å². The number of benzene rings is 1. The molecule has 0 saturated heterocycles. The Balaban J connectivity index is 1.66. The normalized spacial score (nSPS) is 15.7. The van der Waals surface area contributed by atoms with Gasteiger partial charge in [0.15, 0.2) is 0 Å². The monoisotopic (exact) mass is 317 g/mol. The van der Waals surface area contributed by atoms with Crippen LogP contribution in [-0.4, -0.2) is 22.4 Å². The quantitative estimate of drug-likeness (QED) is 0.864. The zero-order valence-electron chi connectivity index (χ0n) is 12.5.